The molecule has 5 heteroatoms. The molecular formula is C9H8ClN3O. The first-order valence-electron chi connectivity index (χ1n) is 4.52. The lowest BCUT2D eigenvalue weighted by Crippen LogP contribution is -2.14. The zero-order valence-corrected chi connectivity index (χ0v) is 8.08. The summed E-state index contributed by atoms with van der Waals surface area (Å²) in [5, 5.41) is 0.404. The van der Waals surface area contributed by atoms with Crippen LogP contribution in [-0.2, 0) is 0 Å². The Morgan fingerprint density at radius 1 is 1.50 bits per heavy atom. The van der Waals surface area contributed by atoms with Gasteiger partial charge in [0.2, 0.25) is 0 Å². The number of halogens is 1. The van der Waals surface area contributed by atoms with Crippen LogP contribution < -0.4 is 5.69 Å². The van der Waals surface area contributed by atoms with Gasteiger partial charge in [-0.1, -0.05) is 11.6 Å². The minimum atomic E-state index is -0.0859. The highest BCUT2D eigenvalue weighted by Crippen LogP contribution is 2.35. The van der Waals surface area contributed by atoms with Gasteiger partial charge in [0.1, 0.15) is 5.15 Å². The van der Waals surface area contributed by atoms with Crippen LogP contribution >= 0.6 is 11.6 Å². The molecule has 0 spiro atoms. The normalized spacial score (nSPS) is 16.4. The number of aromatic nitrogens is 3. The topological polar surface area (TPSA) is 50.7 Å². The lowest BCUT2D eigenvalue weighted by molar-refractivity contribution is 0.733. The number of rotatable bonds is 1. The van der Waals surface area contributed by atoms with Crippen molar-refractivity contribution >= 4 is 22.8 Å². The summed E-state index contributed by atoms with van der Waals surface area (Å²) in [4.78, 5) is 18.3. The molecule has 0 unspecified atom stereocenters. The number of pyridine rings is 1. The Balaban J connectivity index is 2.37. The summed E-state index contributed by atoms with van der Waals surface area (Å²) in [7, 11) is 0. The van der Waals surface area contributed by atoms with Gasteiger partial charge in [-0.3, -0.25) is 9.55 Å². The Morgan fingerprint density at radius 3 is 3.00 bits per heavy atom. The van der Waals surface area contributed by atoms with E-state index < -0.39 is 0 Å². The average Bonchev–Trinajstić information content (AvgIpc) is 2.89. The van der Waals surface area contributed by atoms with Crippen LogP contribution in [0.3, 0.4) is 0 Å². The van der Waals surface area contributed by atoms with Gasteiger partial charge >= 0.3 is 5.69 Å². The zero-order valence-electron chi connectivity index (χ0n) is 7.33. The Kier molecular flexibility index (Phi) is 1.50. The maximum atomic E-state index is 11.6. The standard InChI is InChI=1S/C9H8ClN3O/c10-7-4-3-6-8(11-7)12-9(14)13(6)5-1-2-5/h3-5H,1-2H2,(H,11,12,14). The van der Waals surface area contributed by atoms with E-state index in [2.05, 4.69) is 9.97 Å². The summed E-state index contributed by atoms with van der Waals surface area (Å²) in [6.45, 7) is 0. The van der Waals surface area contributed by atoms with Gasteiger partial charge in [-0.15, -0.1) is 0 Å². The molecule has 0 aliphatic heterocycles. The van der Waals surface area contributed by atoms with E-state index in [9.17, 15) is 4.79 Å². The third-order valence-electron chi connectivity index (χ3n) is 2.46. The van der Waals surface area contributed by atoms with E-state index in [-0.39, 0.29) is 5.69 Å². The number of nitrogens with zero attached hydrogens (tertiary/aromatic N) is 2. The Bertz CT molecular complexity index is 553. The van der Waals surface area contributed by atoms with Gasteiger partial charge in [-0.25, -0.2) is 9.78 Å². The van der Waals surface area contributed by atoms with Gasteiger partial charge in [0.15, 0.2) is 5.65 Å². The van der Waals surface area contributed by atoms with Crippen molar-refractivity contribution in [3.63, 3.8) is 0 Å². The van der Waals surface area contributed by atoms with E-state index in [0.717, 1.165) is 18.4 Å². The van der Waals surface area contributed by atoms with Gasteiger partial charge in [-0.2, -0.15) is 0 Å². The van der Waals surface area contributed by atoms with Gasteiger partial charge in [0.25, 0.3) is 0 Å². The number of hydrogen-bond donors (Lipinski definition) is 1. The molecule has 4 nitrogen and oxygen atoms in total. The molecule has 0 amide bonds. The van der Waals surface area contributed by atoms with Crippen molar-refractivity contribution < 1.29 is 0 Å². The third kappa shape index (κ3) is 1.07. The number of fused-ring (bicyclic) bond motifs is 1. The van der Waals surface area contributed by atoms with Crippen LogP contribution in [0.25, 0.3) is 11.2 Å². The van der Waals surface area contributed by atoms with E-state index in [4.69, 9.17) is 11.6 Å². The fourth-order valence-electron chi connectivity index (χ4n) is 1.68. The highest BCUT2D eigenvalue weighted by Gasteiger charge is 2.27. The number of aromatic amines is 1. The second-order valence-corrected chi connectivity index (χ2v) is 3.92. The maximum Gasteiger partial charge on any atom is 0.327 e. The van der Waals surface area contributed by atoms with Crippen molar-refractivity contribution in [2.75, 3.05) is 0 Å². The molecule has 1 saturated carbocycles. The summed E-state index contributed by atoms with van der Waals surface area (Å²) in [6.07, 6.45) is 2.16. The lowest BCUT2D eigenvalue weighted by atomic mass is 10.4. The maximum absolute atomic E-state index is 11.6. The number of hydrogen-bond acceptors (Lipinski definition) is 2. The van der Waals surface area contributed by atoms with Crippen molar-refractivity contribution in [1.82, 2.24) is 14.5 Å². The molecule has 0 atom stereocenters. The second-order valence-electron chi connectivity index (χ2n) is 3.53. The summed E-state index contributed by atoms with van der Waals surface area (Å²) in [6, 6.07) is 3.90. The van der Waals surface area contributed by atoms with E-state index in [1.165, 1.54) is 0 Å². The van der Waals surface area contributed by atoms with Crippen LogP contribution in [0.1, 0.15) is 18.9 Å². The highest BCUT2D eigenvalue weighted by atomic mass is 35.5. The first-order valence-corrected chi connectivity index (χ1v) is 4.90. The fraction of sp³-hybridized carbons (Fsp3) is 0.333. The molecule has 0 saturated heterocycles. The zero-order chi connectivity index (χ0) is 9.71. The summed E-state index contributed by atoms with van der Waals surface area (Å²) < 4.78 is 1.76. The average molecular weight is 210 g/mol. The predicted octanol–water partition coefficient (Wildman–Crippen LogP) is 1.71. The van der Waals surface area contributed by atoms with E-state index in [1.807, 2.05) is 6.07 Å². The van der Waals surface area contributed by atoms with Crippen molar-refractivity contribution in [1.29, 1.82) is 0 Å². The van der Waals surface area contributed by atoms with Gasteiger partial charge < -0.3 is 0 Å². The summed E-state index contributed by atoms with van der Waals surface area (Å²) >= 11 is 5.73. The largest absolute Gasteiger partial charge is 0.327 e. The number of H-pyrrole nitrogens is 1. The number of imidazole rings is 1. The Morgan fingerprint density at radius 2 is 2.29 bits per heavy atom. The van der Waals surface area contributed by atoms with Crippen LogP contribution in [0.5, 0.6) is 0 Å². The smallest absolute Gasteiger partial charge is 0.290 e. The van der Waals surface area contributed by atoms with Gasteiger partial charge in [0, 0.05) is 6.04 Å². The van der Waals surface area contributed by atoms with Crippen LogP contribution in [0.2, 0.25) is 5.15 Å². The first kappa shape index (κ1) is 8.05. The van der Waals surface area contributed by atoms with E-state index >= 15 is 0 Å². The van der Waals surface area contributed by atoms with Crippen molar-refractivity contribution in [3.05, 3.63) is 27.8 Å². The Hall–Kier alpha value is -1.29. The first-order chi connectivity index (χ1) is 6.75. The quantitative estimate of drug-likeness (QED) is 0.727. The summed E-state index contributed by atoms with van der Waals surface area (Å²) in [5.41, 5.74) is 1.34. The van der Waals surface area contributed by atoms with Crippen molar-refractivity contribution in [2.24, 2.45) is 0 Å². The van der Waals surface area contributed by atoms with Gasteiger partial charge in [-0.05, 0) is 25.0 Å². The van der Waals surface area contributed by atoms with E-state index in [0.29, 0.717) is 16.8 Å². The number of nitrogens with one attached hydrogen (secondary N) is 1. The lowest BCUT2D eigenvalue weighted by Gasteiger charge is -1.97. The molecule has 3 rings (SSSR count). The summed E-state index contributed by atoms with van der Waals surface area (Å²) in [5.74, 6) is 0. The minimum absolute atomic E-state index is 0.0859. The molecule has 1 N–H and O–H groups in total. The molecule has 14 heavy (non-hydrogen) atoms. The molecule has 0 aromatic carbocycles. The molecule has 0 bridgehead atoms. The molecule has 2 aromatic heterocycles. The Labute approximate surface area is 84.5 Å². The van der Waals surface area contributed by atoms with Crippen LogP contribution in [0.15, 0.2) is 16.9 Å². The molecule has 1 aliphatic carbocycles. The van der Waals surface area contributed by atoms with Crippen molar-refractivity contribution in [3.8, 4) is 0 Å². The molecule has 2 heterocycles. The van der Waals surface area contributed by atoms with Gasteiger partial charge in [0.05, 0.1) is 5.52 Å². The molecule has 1 fully saturated rings. The minimum Gasteiger partial charge on any atom is -0.290 e. The van der Waals surface area contributed by atoms with Crippen LogP contribution in [-0.4, -0.2) is 14.5 Å². The molecular weight excluding hydrogens is 202 g/mol. The third-order valence-corrected chi connectivity index (χ3v) is 2.67. The van der Waals surface area contributed by atoms with Crippen LogP contribution in [0.4, 0.5) is 0 Å². The fourth-order valence-corrected chi connectivity index (χ4v) is 1.83. The highest BCUT2D eigenvalue weighted by molar-refractivity contribution is 6.29. The van der Waals surface area contributed by atoms with Crippen molar-refractivity contribution in [2.45, 2.75) is 18.9 Å². The second kappa shape index (κ2) is 2.60. The molecule has 72 valence electrons. The molecule has 0 radical (unpaired) electrons. The monoisotopic (exact) mass is 209 g/mol. The van der Waals surface area contributed by atoms with E-state index in [1.54, 1.807) is 10.6 Å². The predicted molar refractivity (Wildman–Crippen MR) is 53.6 cm³/mol. The molecule has 2 aromatic rings. The van der Waals surface area contributed by atoms with Crippen LogP contribution in [0, 0.1) is 0 Å². The SMILES string of the molecule is O=c1[nH]c2nc(Cl)ccc2n1C1CC1. The molecule has 1 aliphatic rings.